The summed E-state index contributed by atoms with van der Waals surface area (Å²) in [6, 6.07) is -0.712. The molecule has 7 nitrogen and oxygen atoms in total. The number of aliphatic hydroxyl groups excluding tert-OH is 1. The first-order chi connectivity index (χ1) is 15.2. The Morgan fingerprint density at radius 1 is 1.34 bits per heavy atom. The second kappa shape index (κ2) is 9.59. The predicted octanol–water partition coefficient (Wildman–Crippen LogP) is 2.39. The van der Waals surface area contributed by atoms with Crippen LogP contribution in [0, 0.1) is 11.8 Å². The van der Waals surface area contributed by atoms with Crippen LogP contribution in [0.3, 0.4) is 0 Å². The van der Waals surface area contributed by atoms with Crippen LogP contribution in [-0.4, -0.2) is 80.6 Å². The van der Waals surface area contributed by atoms with Gasteiger partial charge in [0.1, 0.15) is 6.04 Å². The number of fused-ring (bicyclic) bond motifs is 1. The van der Waals surface area contributed by atoms with Gasteiger partial charge in [-0.2, -0.15) is 0 Å². The van der Waals surface area contributed by atoms with Gasteiger partial charge in [0.05, 0.1) is 23.2 Å². The minimum Gasteiger partial charge on any atom is -0.465 e. The molecule has 2 bridgehead atoms. The SMILES string of the molecule is C=CCCOC(=O)[C@@H]1[C@H]2C(=O)N(CCCO)C(C(=O)N(CC=C)C(C)C)C23CC[C@@]1(C)S3. The molecule has 0 radical (unpaired) electrons. The highest BCUT2D eigenvalue weighted by Gasteiger charge is 2.77. The molecule has 3 aliphatic heterocycles. The van der Waals surface area contributed by atoms with Crippen molar-refractivity contribution in [3.05, 3.63) is 25.3 Å². The Morgan fingerprint density at radius 3 is 2.66 bits per heavy atom. The van der Waals surface area contributed by atoms with Crippen LogP contribution < -0.4 is 0 Å². The summed E-state index contributed by atoms with van der Waals surface area (Å²) in [4.78, 5) is 44.2. The van der Waals surface area contributed by atoms with E-state index >= 15 is 0 Å². The van der Waals surface area contributed by atoms with Gasteiger partial charge < -0.3 is 19.6 Å². The smallest absolute Gasteiger partial charge is 0.311 e. The van der Waals surface area contributed by atoms with Gasteiger partial charge >= 0.3 is 5.97 Å². The van der Waals surface area contributed by atoms with Gasteiger partial charge in [-0.1, -0.05) is 12.2 Å². The van der Waals surface area contributed by atoms with Gasteiger partial charge in [-0.15, -0.1) is 24.9 Å². The van der Waals surface area contributed by atoms with Crippen LogP contribution >= 0.6 is 11.8 Å². The molecule has 0 aliphatic carbocycles. The summed E-state index contributed by atoms with van der Waals surface area (Å²) < 4.78 is 4.44. The number of nitrogens with zero attached hydrogens (tertiary/aromatic N) is 2. The van der Waals surface area contributed by atoms with Crippen molar-refractivity contribution in [2.75, 3.05) is 26.3 Å². The second-order valence-corrected chi connectivity index (χ2v) is 11.4. The number of amides is 2. The Hall–Kier alpha value is -1.80. The van der Waals surface area contributed by atoms with Crippen LogP contribution in [0.4, 0.5) is 0 Å². The topological polar surface area (TPSA) is 87.1 Å². The molecule has 32 heavy (non-hydrogen) atoms. The fraction of sp³-hybridized carbons (Fsp3) is 0.708. The number of thioether (sulfide) groups is 1. The van der Waals surface area contributed by atoms with Gasteiger partial charge in [-0.3, -0.25) is 14.4 Å². The summed E-state index contributed by atoms with van der Waals surface area (Å²) in [5.41, 5.74) is 0. The molecule has 3 saturated heterocycles. The van der Waals surface area contributed by atoms with Gasteiger partial charge in [-0.05, 0) is 46.5 Å². The van der Waals surface area contributed by atoms with E-state index in [9.17, 15) is 19.5 Å². The van der Waals surface area contributed by atoms with Crippen LogP contribution in [0.25, 0.3) is 0 Å². The van der Waals surface area contributed by atoms with Crippen molar-refractivity contribution in [3.63, 3.8) is 0 Å². The predicted molar refractivity (Wildman–Crippen MR) is 125 cm³/mol. The standard InChI is InChI=1S/C24H36N2O5S/c1-6-8-15-31-22(30)18-17-20(28)26(13-9-14-27)19(21(29)25(12-7-2)16(3)4)24(17)11-10-23(18,5)32-24/h6-7,16-19,27H,1-2,8-15H2,3-5H3/t17-,18-,19?,23+,24?/m0/s1. The molecule has 5 atom stereocenters. The van der Waals surface area contributed by atoms with Gasteiger partial charge in [0.25, 0.3) is 0 Å². The summed E-state index contributed by atoms with van der Waals surface area (Å²) in [6.07, 6.45) is 5.79. The maximum atomic E-state index is 13.9. The Morgan fingerprint density at radius 2 is 2.06 bits per heavy atom. The molecule has 1 N–H and O–H groups in total. The summed E-state index contributed by atoms with van der Waals surface area (Å²) in [6.45, 7) is 14.2. The van der Waals surface area contributed by atoms with E-state index in [0.29, 0.717) is 32.4 Å². The zero-order valence-corrected chi connectivity index (χ0v) is 20.2. The largest absolute Gasteiger partial charge is 0.465 e. The number of esters is 1. The highest BCUT2D eigenvalue weighted by atomic mass is 32.2. The van der Waals surface area contributed by atoms with Crippen LogP contribution in [0.5, 0.6) is 0 Å². The van der Waals surface area contributed by atoms with Crippen molar-refractivity contribution in [2.45, 2.75) is 68.0 Å². The van der Waals surface area contributed by atoms with Crippen molar-refractivity contribution in [2.24, 2.45) is 11.8 Å². The Kier molecular flexibility index (Phi) is 7.44. The summed E-state index contributed by atoms with van der Waals surface area (Å²) in [5.74, 6) is -1.80. The first-order valence-corrected chi connectivity index (χ1v) is 12.3. The van der Waals surface area contributed by atoms with Crippen molar-refractivity contribution in [1.82, 2.24) is 9.80 Å². The molecule has 3 rings (SSSR count). The van der Waals surface area contributed by atoms with Crippen LogP contribution in [0.1, 0.15) is 46.5 Å². The molecule has 0 aromatic carbocycles. The lowest BCUT2D eigenvalue weighted by Gasteiger charge is -2.38. The average Bonchev–Trinajstić information content (AvgIpc) is 3.30. The van der Waals surface area contributed by atoms with E-state index in [4.69, 9.17) is 4.74 Å². The fourth-order valence-corrected chi connectivity index (χ4v) is 8.07. The third kappa shape index (κ3) is 3.89. The zero-order chi connectivity index (χ0) is 23.7. The van der Waals surface area contributed by atoms with E-state index in [1.165, 1.54) is 0 Å². The minimum atomic E-state index is -0.660. The molecule has 3 fully saturated rings. The lowest BCUT2D eigenvalue weighted by molar-refractivity contribution is -0.155. The summed E-state index contributed by atoms with van der Waals surface area (Å²) >= 11 is 1.63. The van der Waals surface area contributed by atoms with E-state index in [2.05, 4.69) is 13.2 Å². The van der Waals surface area contributed by atoms with Crippen molar-refractivity contribution in [1.29, 1.82) is 0 Å². The van der Waals surface area contributed by atoms with Gasteiger partial charge in [0.2, 0.25) is 11.8 Å². The second-order valence-electron chi connectivity index (χ2n) is 9.45. The highest BCUT2D eigenvalue weighted by Crippen LogP contribution is 2.71. The molecule has 3 aliphatic rings. The third-order valence-corrected chi connectivity index (χ3v) is 9.11. The molecule has 1 spiro atoms. The number of aliphatic hydroxyl groups is 1. The Bertz CT molecular complexity index is 786. The van der Waals surface area contributed by atoms with Gasteiger partial charge in [-0.25, -0.2) is 0 Å². The average molecular weight is 465 g/mol. The summed E-state index contributed by atoms with van der Waals surface area (Å²) in [5, 5.41) is 9.42. The first-order valence-electron chi connectivity index (χ1n) is 11.5. The molecule has 2 amide bonds. The van der Waals surface area contributed by atoms with Gasteiger partial charge in [0.15, 0.2) is 0 Å². The maximum Gasteiger partial charge on any atom is 0.311 e. The number of rotatable bonds is 11. The molecule has 0 aromatic rings. The van der Waals surface area contributed by atoms with E-state index in [1.807, 2.05) is 20.8 Å². The number of carbonyl (C=O) groups is 3. The normalized spacial score (nSPS) is 32.8. The number of carbonyl (C=O) groups excluding carboxylic acids is 3. The number of hydrogen-bond donors (Lipinski definition) is 1. The number of likely N-dealkylation sites (tertiary alicyclic amines) is 1. The maximum absolute atomic E-state index is 13.9. The minimum absolute atomic E-state index is 0.0513. The summed E-state index contributed by atoms with van der Waals surface area (Å²) in [7, 11) is 0. The Balaban J connectivity index is 2.01. The molecule has 178 valence electrons. The van der Waals surface area contributed by atoms with E-state index in [1.54, 1.807) is 33.7 Å². The molecular weight excluding hydrogens is 428 g/mol. The lowest BCUT2D eigenvalue weighted by atomic mass is 9.66. The third-order valence-electron chi connectivity index (χ3n) is 7.12. The first kappa shape index (κ1) is 24.8. The lowest BCUT2D eigenvalue weighted by Crippen LogP contribution is -2.56. The molecule has 3 heterocycles. The zero-order valence-electron chi connectivity index (χ0n) is 19.4. The van der Waals surface area contributed by atoms with E-state index < -0.39 is 27.4 Å². The monoisotopic (exact) mass is 464 g/mol. The van der Waals surface area contributed by atoms with Crippen LogP contribution in [-0.2, 0) is 19.1 Å². The van der Waals surface area contributed by atoms with Crippen molar-refractivity contribution in [3.8, 4) is 0 Å². The Labute approximate surface area is 195 Å². The fourth-order valence-electron chi connectivity index (χ4n) is 5.73. The molecule has 0 saturated carbocycles. The molecular formula is C24H36N2O5S. The molecule has 0 aromatic heterocycles. The highest BCUT2D eigenvalue weighted by molar-refractivity contribution is 8.02. The van der Waals surface area contributed by atoms with Crippen LogP contribution in [0.15, 0.2) is 25.3 Å². The quantitative estimate of drug-likeness (QED) is 0.287. The molecule has 8 heteroatoms. The van der Waals surface area contributed by atoms with E-state index in [-0.39, 0.29) is 37.0 Å². The number of ether oxygens (including phenoxy) is 1. The van der Waals surface area contributed by atoms with Crippen molar-refractivity contribution < 1.29 is 24.2 Å². The number of hydrogen-bond acceptors (Lipinski definition) is 6. The molecule has 2 unspecified atom stereocenters. The van der Waals surface area contributed by atoms with Crippen LogP contribution in [0.2, 0.25) is 0 Å². The van der Waals surface area contributed by atoms with Crippen molar-refractivity contribution >= 4 is 29.5 Å². The van der Waals surface area contributed by atoms with E-state index in [0.717, 1.165) is 6.42 Å². The van der Waals surface area contributed by atoms with Gasteiger partial charge in [0, 0.05) is 30.5 Å².